The second kappa shape index (κ2) is 7.98. The highest BCUT2D eigenvalue weighted by molar-refractivity contribution is 5.89. The maximum absolute atomic E-state index is 12.3. The standard InChI is InChI=1S/C22H25FN8O2/c1-22(20(32)24-8-7-23)11-14(12-22)25-21-26-19(33-3)18-15(6-9-31(18)28-21)13-4-5-16-17(10-13)30(2)29-27-16/h4-6,9-10,14H,7-8,11-12H2,1-3H3,(H,24,32)(H,25,28). The van der Waals surface area contributed by atoms with Crippen molar-refractivity contribution in [3.05, 3.63) is 30.5 Å². The molecule has 0 spiro atoms. The van der Waals surface area contributed by atoms with Gasteiger partial charge in [0.1, 0.15) is 17.7 Å². The number of aromatic nitrogens is 6. The summed E-state index contributed by atoms with van der Waals surface area (Å²) in [6, 6.07) is 7.96. The molecular weight excluding hydrogens is 427 g/mol. The number of rotatable bonds is 7. The SMILES string of the molecule is COc1nc(NC2CC(C)(C(=O)NCCF)C2)nn2ccc(-c3ccc4nnn(C)c4c3)c12. The Morgan fingerprint density at radius 1 is 1.33 bits per heavy atom. The molecule has 2 N–H and O–H groups in total. The lowest BCUT2D eigenvalue weighted by Crippen LogP contribution is -2.52. The lowest BCUT2D eigenvalue weighted by Gasteiger charge is -2.43. The minimum absolute atomic E-state index is 0.0445. The molecule has 0 radical (unpaired) electrons. The Kier molecular flexibility index (Phi) is 5.10. The smallest absolute Gasteiger partial charge is 0.244 e. The van der Waals surface area contributed by atoms with Gasteiger partial charge in [0, 0.05) is 31.4 Å². The molecule has 1 fully saturated rings. The van der Waals surface area contributed by atoms with Gasteiger partial charge in [-0.05, 0) is 36.6 Å². The zero-order chi connectivity index (χ0) is 23.2. The Bertz CT molecular complexity index is 1340. The van der Waals surface area contributed by atoms with E-state index in [1.165, 1.54) is 0 Å². The summed E-state index contributed by atoms with van der Waals surface area (Å²) in [6.45, 7) is 1.36. The van der Waals surface area contributed by atoms with Crippen molar-refractivity contribution in [2.45, 2.75) is 25.8 Å². The average Bonchev–Trinajstić information content (AvgIpc) is 3.39. The van der Waals surface area contributed by atoms with Crippen molar-refractivity contribution >= 4 is 28.4 Å². The lowest BCUT2D eigenvalue weighted by molar-refractivity contribution is -0.135. The summed E-state index contributed by atoms with van der Waals surface area (Å²) in [5.74, 6) is 0.741. The molecule has 0 atom stereocenters. The number of aryl methyl sites for hydroxylation is 1. The molecule has 0 bridgehead atoms. The van der Waals surface area contributed by atoms with Crippen LogP contribution < -0.4 is 15.4 Å². The highest BCUT2D eigenvalue weighted by Gasteiger charge is 2.46. The van der Waals surface area contributed by atoms with Crippen molar-refractivity contribution in [3.8, 4) is 17.0 Å². The van der Waals surface area contributed by atoms with E-state index in [0.29, 0.717) is 24.7 Å². The number of amides is 1. The Labute approximate surface area is 189 Å². The summed E-state index contributed by atoms with van der Waals surface area (Å²) in [5.41, 5.74) is 3.90. The van der Waals surface area contributed by atoms with Crippen molar-refractivity contribution < 1.29 is 13.9 Å². The van der Waals surface area contributed by atoms with Crippen LogP contribution in [0.1, 0.15) is 19.8 Å². The number of fused-ring (bicyclic) bond motifs is 2. The third-order valence-corrected chi connectivity index (χ3v) is 6.25. The quantitative estimate of drug-likeness (QED) is 0.443. The van der Waals surface area contributed by atoms with Crippen LogP contribution in [0.2, 0.25) is 0 Å². The Morgan fingerprint density at radius 3 is 2.91 bits per heavy atom. The minimum Gasteiger partial charge on any atom is -0.479 e. The molecule has 1 aliphatic rings. The molecule has 1 amide bonds. The first kappa shape index (κ1) is 21.1. The number of halogens is 1. The molecule has 0 aliphatic heterocycles. The zero-order valence-corrected chi connectivity index (χ0v) is 18.7. The van der Waals surface area contributed by atoms with Gasteiger partial charge in [0.15, 0.2) is 0 Å². The van der Waals surface area contributed by atoms with Crippen LogP contribution in [0.15, 0.2) is 30.5 Å². The highest BCUT2D eigenvalue weighted by Crippen LogP contribution is 2.42. The number of anilines is 1. The van der Waals surface area contributed by atoms with Crippen molar-refractivity contribution in [1.29, 1.82) is 0 Å². The second-order valence-electron chi connectivity index (χ2n) is 8.64. The van der Waals surface area contributed by atoms with Crippen LogP contribution in [0.5, 0.6) is 5.88 Å². The topological polar surface area (TPSA) is 111 Å². The van der Waals surface area contributed by atoms with Gasteiger partial charge in [-0.3, -0.25) is 4.79 Å². The van der Waals surface area contributed by atoms with Crippen LogP contribution in [0.25, 0.3) is 27.7 Å². The molecule has 1 aromatic carbocycles. The first-order valence-electron chi connectivity index (χ1n) is 10.8. The van der Waals surface area contributed by atoms with E-state index in [9.17, 15) is 9.18 Å². The van der Waals surface area contributed by atoms with Crippen LogP contribution in [0.4, 0.5) is 10.3 Å². The fraction of sp³-hybridized carbons (Fsp3) is 0.409. The van der Waals surface area contributed by atoms with E-state index in [-0.39, 0.29) is 18.5 Å². The van der Waals surface area contributed by atoms with Crippen LogP contribution in [0, 0.1) is 5.41 Å². The number of alkyl halides is 1. The number of nitrogens with zero attached hydrogens (tertiary/aromatic N) is 6. The maximum atomic E-state index is 12.3. The average molecular weight is 452 g/mol. The number of hydrogen-bond acceptors (Lipinski definition) is 7. The third-order valence-electron chi connectivity index (χ3n) is 6.25. The summed E-state index contributed by atoms with van der Waals surface area (Å²) < 4.78 is 21.4. The van der Waals surface area contributed by atoms with Crippen molar-refractivity contribution in [3.63, 3.8) is 0 Å². The summed E-state index contributed by atoms with van der Waals surface area (Å²) >= 11 is 0. The lowest BCUT2D eigenvalue weighted by atomic mass is 9.66. The predicted molar refractivity (Wildman–Crippen MR) is 121 cm³/mol. The number of hydrogen-bond donors (Lipinski definition) is 2. The first-order valence-corrected chi connectivity index (χ1v) is 10.8. The van der Waals surface area contributed by atoms with E-state index >= 15 is 0 Å². The number of methoxy groups -OCH3 is 1. The van der Waals surface area contributed by atoms with Crippen molar-refractivity contribution in [2.75, 3.05) is 25.6 Å². The summed E-state index contributed by atoms with van der Waals surface area (Å²) in [6.07, 6.45) is 3.09. The fourth-order valence-corrected chi connectivity index (χ4v) is 4.50. The van der Waals surface area contributed by atoms with Gasteiger partial charge in [0.05, 0.1) is 18.0 Å². The molecule has 0 saturated heterocycles. The molecule has 3 aromatic heterocycles. The third kappa shape index (κ3) is 3.62. The van der Waals surface area contributed by atoms with E-state index in [2.05, 4.69) is 31.0 Å². The molecule has 0 unspecified atom stereocenters. The van der Waals surface area contributed by atoms with E-state index in [1.807, 2.05) is 44.4 Å². The summed E-state index contributed by atoms with van der Waals surface area (Å²) in [4.78, 5) is 16.8. The van der Waals surface area contributed by atoms with Gasteiger partial charge in [-0.25, -0.2) is 13.6 Å². The Morgan fingerprint density at radius 2 is 2.15 bits per heavy atom. The van der Waals surface area contributed by atoms with Crippen molar-refractivity contribution in [1.82, 2.24) is 34.9 Å². The van der Waals surface area contributed by atoms with Crippen LogP contribution in [0.3, 0.4) is 0 Å². The Balaban J connectivity index is 1.39. The van der Waals surface area contributed by atoms with E-state index in [4.69, 9.17) is 4.74 Å². The molecule has 10 nitrogen and oxygen atoms in total. The first-order chi connectivity index (χ1) is 15.9. The van der Waals surface area contributed by atoms with Gasteiger partial charge >= 0.3 is 0 Å². The molecule has 5 rings (SSSR count). The maximum Gasteiger partial charge on any atom is 0.244 e. The van der Waals surface area contributed by atoms with Gasteiger partial charge in [-0.15, -0.1) is 10.2 Å². The number of carbonyl (C=O) groups is 1. The normalized spacial score (nSPS) is 20.1. The van der Waals surface area contributed by atoms with Gasteiger partial charge in [0.25, 0.3) is 0 Å². The van der Waals surface area contributed by atoms with Gasteiger partial charge < -0.3 is 15.4 Å². The van der Waals surface area contributed by atoms with E-state index in [0.717, 1.165) is 27.7 Å². The highest BCUT2D eigenvalue weighted by atomic mass is 19.1. The monoisotopic (exact) mass is 452 g/mol. The van der Waals surface area contributed by atoms with E-state index < -0.39 is 12.1 Å². The molecule has 11 heteroatoms. The van der Waals surface area contributed by atoms with E-state index in [1.54, 1.807) is 16.3 Å². The number of carbonyl (C=O) groups excluding carboxylic acids is 1. The molecule has 172 valence electrons. The van der Waals surface area contributed by atoms with Gasteiger partial charge in [0.2, 0.25) is 17.7 Å². The summed E-state index contributed by atoms with van der Waals surface area (Å²) in [7, 11) is 3.43. The molecular formula is C22H25FN8O2. The van der Waals surface area contributed by atoms with Crippen LogP contribution >= 0.6 is 0 Å². The van der Waals surface area contributed by atoms with Gasteiger partial charge in [-0.1, -0.05) is 18.2 Å². The second-order valence-corrected chi connectivity index (χ2v) is 8.64. The number of nitrogens with one attached hydrogen (secondary N) is 2. The molecule has 33 heavy (non-hydrogen) atoms. The zero-order valence-electron chi connectivity index (χ0n) is 18.7. The Hall–Kier alpha value is -3.76. The largest absolute Gasteiger partial charge is 0.479 e. The fourth-order valence-electron chi connectivity index (χ4n) is 4.50. The number of benzene rings is 1. The summed E-state index contributed by atoms with van der Waals surface area (Å²) in [5, 5.41) is 18.7. The predicted octanol–water partition coefficient (Wildman–Crippen LogP) is 2.35. The van der Waals surface area contributed by atoms with Crippen molar-refractivity contribution in [2.24, 2.45) is 12.5 Å². The molecule has 1 saturated carbocycles. The number of ether oxygens (including phenoxy) is 1. The molecule has 1 aliphatic carbocycles. The molecule has 4 aromatic rings. The molecule has 3 heterocycles. The minimum atomic E-state index is -0.567. The van der Waals surface area contributed by atoms with Gasteiger partial charge in [-0.2, -0.15) is 4.98 Å². The van der Waals surface area contributed by atoms with Crippen LogP contribution in [-0.4, -0.2) is 61.9 Å². The van der Waals surface area contributed by atoms with Crippen LogP contribution in [-0.2, 0) is 11.8 Å².